The molecule has 0 saturated heterocycles. The van der Waals surface area contributed by atoms with Crippen molar-refractivity contribution >= 4 is 11.5 Å². The van der Waals surface area contributed by atoms with Crippen LogP contribution in [-0.4, -0.2) is 17.9 Å². The number of hydrogen-bond acceptors (Lipinski definition) is 4. The molecular weight excluding hydrogens is 268 g/mol. The summed E-state index contributed by atoms with van der Waals surface area (Å²) in [7, 11) is 1.44. The third kappa shape index (κ3) is 1.70. The van der Waals surface area contributed by atoms with Gasteiger partial charge in [0.25, 0.3) is 12.3 Å². The van der Waals surface area contributed by atoms with Gasteiger partial charge in [-0.3, -0.25) is 4.79 Å². The van der Waals surface area contributed by atoms with Gasteiger partial charge >= 0.3 is 0 Å². The Bertz CT molecular complexity index is 641. The van der Waals surface area contributed by atoms with Crippen molar-refractivity contribution in [3.8, 4) is 0 Å². The summed E-state index contributed by atoms with van der Waals surface area (Å²) < 4.78 is 31.8. The average molecular weight is 281 g/mol. The number of carbonyl (C=O) groups is 1. The van der Waals surface area contributed by atoms with E-state index in [1.165, 1.54) is 7.05 Å². The lowest BCUT2D eigenvalue weighted by Gasteiger charge is -2.13. The molecule has 1 aromatic rings. The quantitative estimate of drug-likeness (QED) is 0.848. The van der Waals surface area contributed by atoms with E-state index in [9.17, 15) is 13.6 Å². The maximum Gasteiger partial charge on any atom is 0.281 e. The van der Waals surface area contributed by atoms with Crippen LogP contribution in [0.15, 0.2) is 5.70 Å². The highest BCUT2D eigenvalue weighted by Gasteiger charge is 2.35. The Kier molecular flexibility index (Phi) is 2.93. The maximum absolute atomic E-state index is 13.3. The number of halogens is 2. The van der Waals surface area contributed by atoms with Crippen molar-refractivity contribution in [2.75, 3.05) is 7.05 Å². The molecule has 1 aliphatic carbocycles. The Balaban J connectivity index is 2.26. The lowest BCUT2D eigenvalue weighted by molar-refractivity contribution is -0.115. The number of nitrogens with one attached hydrogen (secondary N) is 1. The molecule has 106 valence electrons. The molecule has 0 fully saturated rings. The van der Waals surface area contributed by atoms with Crippen molar-refractivity contribution < 1.29 is 18.3 Å². The Morgan fingerprint density at radius 3 is 2.80 bits per heavy atom. The average Bonchev–Trinajstić information content (AvgIpc) is 2.99. The Hall–Kier alpha value is -2.02. The molecule has 20 heavy (non-hydrogen) atoms. The van der Waals surface area contributed by atoms with Gasteiger partial charge in [-0.25, -0.2) is 13.8 Å². The second-order valence-electron chi connectivity index (χ2n) is 4.73. The molecule has 1 aromatic heterocycles. The molecule has 2 heterocycles. The molecular formula is C13H13F2N3O2. The number of carbonyl (C=O) groups excluding carboxylic acids is 1. The third-order valence-electron chi connectivity index (χ3n) is 3.61. The van der Waals surface area contributed by atoms with Crippen LogP contribution in [0.4, 0.5) is 8.78 Å². The van der Waals surface area contributed by atoms with E-state index in [1.54, 1.807) is 0 Å². The Morgan fingerprint density at radius 1 is 1.40 bits per heavy atom. The van der Waals surface area contributed by atoms with Gasteiger partial charge in [0.05, 0.1) is 24.5 Å². The Morgan fingerprint density at radius 2 is 2.15 bits per heavy atom. The Labute approximate surface area is 113 Å². The monoisotopic (exact) mass is 281 g/mol. The molecule has 7 heteroatoms. The first-order valence-electron chi connectivity index (χ1n) is 6.16. The number of fused-ring (bicyclic) bond motifs is 3. The minimum Gasteiger partial charge on any atom is -0.401 e. The number of allylic oxidation sites excluding steroid dienone is 1. The minimum atomic E-state index is -2.76. The summed E-state index contributed by atoms with van der Waals surface area (Å²) in [5.74, 6) is -0.469. The van der Waals surface area contributed by atoms with Gasteiger partial charge in [-0.15, -0.1) is 0 Å². The van der Waals surface area contributed by atoms with E-state index >= 15 is 0 Å². The van der Waals surface area contributed by atoms with Gasteiger partial charge in [-0.1, -0.05) is 0 Å². The number of nitrogens with two attached hydrogens (primary N) is 1. The van der Waals surface area contributed by atoms with Gasteiger partial charge in [-0.05, 0) is 5.56 Å². The van der Waals surface area contributed by atoms with Crippen molar-refractivity contribution in [2.24, 2.45) is 5.73 Å². The van der Waals surface area contributed by atoms with E-state index in [1.807, 2.05) is 0 Å². The number of rotatable bonds is 2. The topological polar surface area (TPSA) is 77.2 Å². The number of pyridine rings is 1. The van der Waals surface area contributed by atoms with E-state index in [0.717, 1.165) is 5.56 Å². The molecule has 5 nitrogen and oxygen atoms in total. The van der Waals surface area contributed by atoms with Gasteiger partial charge < -0.3 is 15.8 Å². The molecule has 0 saturated carbocycles. The molecule has 0 radical (unpaired) electrons. The van der Waals surface area contributed by atoms with E-state index in [4.69, 9.17) is 10.5 Å². The number of likely N-dealkylation sites (N-methyl/N-ethyl adjacent to an activating group) is 1. The first-order valence-corrected chi connectivity index (χ1v) is 6.16. The fourth-order valence-electron chi connectivity index (χ4n) is 2.74. The first kappa shape index (κ1) is 13.0. The minimum absolute atomic E-state index is 0.111. The van der Waals surface area contributed by atoms with Crippen molar-refractivity contribution in [1.29, 1.82) is 0 Å². The van der Waals surface area contributed by atoms with Crippen molar-refractivity contribution in [1.82, 2.24) is 10.3 Å². The van der Waals surface area contributed by atoms with Crippen LogP contribution >= 0.6 is 0 Å². The molecule has 2 aliphatic rings. The smallest absolute Gasteiger partial charge is 0.281 e. The summed E-state index contributed by atoms with van der Waals surface area (Å²) >= 11 is 0. The van der Waals surface area contributed by atoms with Crippen LogP contribution in [0, 0.1) is 0 Å². The largest absolute Gasteiger partial charge is 0.401 e. The zero-order valence-corrected chi connectivity index (χ0v) is 10.8. The number of nitrogens with zero attached hydrogens (tertiary/aromatic N) is 1. The highest BCUT2D eigenvalue weighted by atomic mass is 19.3. The SMILES string of the molecule is CNC(=O)C1=C(N)Cc2c3c(nc(C(F)F)c21)COC3. The fourth-order valence-corrected chi connectivity index (χ4v) is 2.74. The van der Waals surface area contributed by atoms with E-state index in [2.05, 4.69) is 10.3 Å². The van der Waals surface area contributed by atoms with Gasteiger partial charge in [0.15, 0.2) is 0 Å². The second kappa shape index (κ2) is 4.52. The fraction of sp³-hybridized carbons (Fsp3) is 0.385. The van der Waals surface area contributed by atoms with E-state index in [-0.39, 0.29) is 29.9 Å². The number of amides is 1. The summed E-state index contributed by atoms with van der Waals surface area (Å²) in [5, 5.41) is 2.43. The summed E-state index contributed by atoms with van der Waals surface area (Å²) in [6.07, 6.45) is -2.48. The molecule has 0 bridgehead atoms. The van der Waals surface area contributed by atoms with Gasteiger partial charge in [0, 0.05) is 30.3 Å². The molecule has 3 rings (SSSR count). The van der Waals surface area contributed by atoms with Crippen LogP contribution in [0.25, 0.3) is 5.57 Å². The molecule has 1 amide bonds. The summed E-state index contributed by atoms with van der Waals surface area (Å²) in [4.78, 5) is 15.9. The van der Waals surface area contributed by atoms with Gasteiger partial charge in [0.1, 0.15) is 5.69 Å². The van der Waals surface area contributed by atoms with Crippen molar-refractivity contribution in [2.45, 2.75) is 26.1 Å². The summed E-state index contributed by atoms with van der Waals surface area (Å²) in [5.41, 5.74) is 8.03. The van der Waals surface area contributed by atoms with E-state index in [0.29, 0.717) is 23.6 Å². The number of hydrogen-bond donors (Lipinski definition) is 2. The third-order valence-corrected chi connectivity index (χ3v) is 3.61. The summed E-state index contributed by atoms with van der Waals surface area (Å²) in [6, 6.07) is 0. The zero-order chi connectivity index (χ0) is 14.4. The predicted octanol–water partition coefficient (Wildman–Crippen LogP) is 1.02. The second-order valence-corrected chi connectivity index (χ2v) is 4.73. The van der Waals surface area contributed by atoms with Crippen molar-refractivity contribution in [3.05, 3.63) is 33.8 Å². The van der Waals surface area contributed by atoms with Crippen LogP contribution in [0.1, 0.15) is 34.5 Å². The van der Waals surface area contributed by atoms with Crippen LogP contribution < -0.4 is 11.1 Å². The molecule has 1 aliphatic heterocycles. The number of aromatic nitrogens is 1. The molecule has 0 atom stereocenters. The summed E-state index contributed by atoms with van der Waals surface area (Å²) in [6.45, 7) is 0.542. The van der Waals surface area contributed by atoms with Crippen LogP contribution in [0.3, 0.4) is 0 Å². The molecule has 0 spiro atoms. The zero-order valence-electron chi connectivity index (χ0n) is 10.8. The normalized spacial score (nSPS) is 16.6. The predicted molar refractivity (Wildman–Crippen MR) is 66.6 cm³/mol. The standard InChI is InChI=1S/C13H13F2N3O2/c1-17-13(19)10-7(16)2-5-6-3-20-4-8(6)18-11(9(5)10)12(14)15/h12H,2-4,16H2,1H3,(H,17,19). The van der Waals surface area contributed by atoms with Crippen LogP contribution in [-0.2, 0) is 29.2 Å². The molecule has 3 N–H and O–H groups in total. The lowest BCUT2D eigenvalue weighted by Crippen LogP contribution is -2.21. The first-order chi connectivity index (χ1) is 9.54. The molecule has 0 aromatic carbocycles. The number of alkyl halides is 2. The van der Waals surface area contributed by atoms with Gasteiger partial charge in [0.2, 0.25) is 0 Å². The van der Waals surface area contributed by atoms with Crippen molar-refractivity contribution in [3.63, 3.8) is 0 Å². The highest BCUT2D eigenvalue weighted by molar-refractivity contribution is 6.22. The van der Waals surface area contributed by atoms with Gasteiger partial charge in [-0.2, -0.15) is 0 Å². The van der Waals surface area contributed by atoms with Crippen LogP contribution in [0.2, 0.25) is 0 Å². The lowest BCUT2D eigenvalue weighted by atomic mass is 9.98. The number of ether oxygens (including phenoxy) is 1. The van der Waals surface area contributed by atoms with Crippen LogP contribution in [0.5, 0.6) is 0 Å². The van der Waals surface area contributed by atoms with E-state index < -0.39 is 12.3 Å². The highest BCUT2D eigenvalue weighted by Crippen LogP contribution is 2.41. The molecule has 0 unspecified atom stereocenters. The maximum atomic E-state index is 13.3.